The van der Waals surface area contributed by atoms with E-state index in [1.165, 1.54) is 5.56 Å². The van der Waals surface area contributed by atoms with Crippen LogP contribution in [0.15, 0.2) is 48.5 Å². The van der Waals surface area contributed by atoms with Crippen LogP contribution in [0.5, 0.6) is 11.5 Å². The third-order valence-corrected chi connectivity index (χ3v) is 6.36. The fourth-order valence-electron chi connectivity index (χ4n) is 4.51. The van der Waals surface area contributed by atoms with Crippen molar-refractivity contribution in [2.24, 2.45) is 11.3 Å². The maximum Gasteiger partial charge on any atom is 0.228 e. The third-order valence-electron chi connectivity index (χ3n) is 6.36. The average molecular weight is 395 g/mol. The van der Waals surface area contributed by atoms with E-state index in [0.29, 0.717) is 12.4 Å². The quantitative estimate of drug-likeness (QED) is 0.759. The summed E-state index contributed by atoms with van der Waals surface area (Å²) in [4.78, 5) is 15.3. The van der Waals surface area contributed by atoms with Crippen LogP contribution in [-0.4, -0.2) is 37.6 Å². The Labute approximate surface area is 173 Å². The number of carbonyl (C=O) groups is 1. The van der Waals surface area contributed by atoms with E-state index in [1.807, 2.05) is 43.3 Å². The van der Waals surface area contributed by atoms with Gasteiger partial charge in [0.05, 0.1) is 19.4 Å². The Morgan fingerprint density at radius 1 is 1.14 bits per heavy atom. The molecule has 1 saturated heterocycles. The topological polar surface area (TPSA) is 50.8 Å². The van der Waals surface area contributed by atoms with Gasteiger partial charge in [-0.25, -0.2) is 0 Å². The zero-order valence-corrected chi connectivity index (χ0v) is 17.3. The lowest BCUT2D eigenvalue weighted by molar-refractivity contribution is -0.118. The predicted molar refractivity (Wildman–Crippen MR) is 114 cm³/mol. The van der Waals surface area contributed by atoms with E-state index < -0.39 is 0 Å². The molecule has 154 valence electrons. The summed E-state index contributed by atoms with van der Waals surface area (Å²) in [5, 5.41) is 3.07. The Bertz CT molecular complexity index is 841. The van der Waals surface area contributed by atoms with Gasteiger partial charge in [0.2, 0.25) is 5.91 Å². The van der Waals surface area contributed by atoms with Gasteiger partial charge in [0.25, 0.3) is 0 Å². The molecule has 1 heterocycles. The maximum absolute atomic E-state index is 12.8. The molecule has 2 aromatic carbocycles. The Kier molecular flexibility index (Phi) is 5.76. The van der Waals surface area contributed by atoms with Crippen molar-refractivity contribution in [3.8, 4) is 11.5 Å². The van der Waals surface area contributed by atoms with Crippen molar-refractivity contribution in [1.29, 1.82) is 0 Å². The van der Waals surface area contributed by atoms with Gasteiger partial charge in [-0.3, -0.25) is 9.69 Å². The molecule has 0 aromatic heterocycles. The van der Waals surface area contributed by atoms with E-state index in [2.05, 4.69) is 22.3 Å². The molecule has 2 aliphatic rings. The molecule has 5 heteroatoms. The minimum absolute atomic E-state index is 0.125. The van der Waals surface area contributed by atoms with E-state index >= 15 is 0 Å². The highest BCUT2D eigenvalue weighted by Gasteiger charge is 2.58. The van der Waals surface area contributed by atoms with E-state index in [9.17, 15) is 4.79 Å². The second kappa shape index (κ2) is 8.46. The number of para-hydroxylation sites is 2. The van der Waals surface area contributed by atoms with Gasteiger partial charge in [-0.2, -0.15) is 0 Å². The van der Waals surface area contributed by atoms with Gasteiger partial charge in [-0.05, 0) is 74.5 Å². The lowest BCUT2D eigenvalue weighted by Gasteiger charge is -2.32. The molecule has 1 aliphatic carbocycles. The Morgan fingerprint density at radius 2 is 1.86 bits per heavy atom. The summed E-state index contributed by atoms with van der Waals surface area (Å²) in [7, 11) is 1.63. The monoisotopic (exact) mass is 394 g/mol. The summed E-state index contributed by atoms with van der Waals surface area (Å²) in [6, 6.07) is 16.0. The van der Waals surface area contributed by atoms with Crippen molar-refractivity contribution in [3.63, 3.8) is 0 Å². The van der Waals surface area contributed by atoms with Crippen molar-refractivity contribution in [3.05, 3.63) is 54.1 Å². The highest BCUT2D eigenvalue weighted by molar-refractivity contribution is 5.96. The molecule has 2 aromatic rings. The van der Waals surface area contributed by atoms with Crippen LogP contribution in [0.4, 0.5) is 5.69 Å². The van der Waals surface area contributed by atoms with Gasteiger partial charge in [-0.1, -0.05) is 24.3 Å². The molecule has 0 radical (unpaired) electrons. The number of nitrogens with zero attached hydrogens (tertiary/aromatic N) is 1. The first-order valence-electron chi connectivity index (χ1n) is 10.5. The molecular weight excluding hydrogens is 364 g/mol. The van der Waals surface area contributed by atoms with Crippen LogP contribution in [0.3, 0.4) is 0 Å². The van der Waals surface area contributed by atoms with Crippen LogP contribution in [0.25, 0.3) is 0 Å². The standard InChI is InChI=1S/C24H30N2O3/c1-3-29-19-10-8-18(9-11-19)17-26-14-12-24(13-15-26)16-20(24)23(27)25-21-6-4-5-7-22(21)28-2/h4-11,20H,3,12-17H2,1-2H3,(H,25,27)/t20-/m0/s1. The predicted octanol–water partition coefficient (Wildman–Crippen LogP) is 4.33. The van der Waals surface area contributed by atoms with Crippen LogP contribution < -0.4 is 14.8 Å². The zero-order valence-electron chi connectivity index (χ0n) is 17.3. The first kappa shape index (κ1) is 19.8. The molecule has 1 N–H and O–H groups in total. The van der Waals surface area contributed by atoms with Crippen molar-refractivity contribution < 1.29 is 14.3 Å². The Morgan fingerprint density at radius 3 is 2.55 bits per heavy atom. The van der Waals surface area contributed by atoms with Crippen LogP contribution in [0, 0.1) is 11.3 Å². The molecule has 1 amide bonds. The van der Waals surface area contributed by atoms with Crippen molar-refractivity contribution >= 4 is 11.6 Å². The van der Waals surface area contributed by atoms with Crippen LogP contribution >= 0.6 is 0 Å². The van der Waals surface area contributed by atoms with Gasteiger partial charge in [0.15, 0.2) is 0 Å². The number of rotatable bonds is 7. The lowest BCUT2D eigenvalue weighted by Crippen LogP contribution is -2.35. The lowest BCUT2D eigenvalue weighted by atomic mass is 9.90. The van der Waals surface area contributed by atoms with E-state index in [1.54, 1.807) is 7.11 Å². The Balaban J connectivity index is 1.28. The highest BCUT2D eigenvalue weighted by atomic mass is 16.5. The summed E-state index contributed by atoms with van der Waals surface area (Å²) >= 11 is 0. The molecule has 0 unspecified atom stereocenters. The van der Waals surface area contributed by atoms with Crippen molar-refractivity contribution in [2.75, 3.05) is 32.1 Å². The van der Waals surface area contributed by atoms with E-state index in [0.717, 1.165) is 50.3 Å². The van der Waals surface area contributed by atoms with Crippen molar-refractivity contribution in [1.82, 2.24) is 4.90 Å². The number of hydrogen-bond donors (Lipinski definition) is 1. The number of hydrogen-bond acceptors (Lipinski definition) is 4. The minimum Gasteiger partial charge on any atom is -0.495 e. The minimum atomic E-state index is 0.125. The van der Waals surface area contributed by atoms with Crippen LogP contribution in [-0.2, 0) is 11.3 Å². The molecule has 4 rings (SSSR count). The summed E-state index contributed by atoms with van der Waals surface area (Å²) in [6.07, 6.45) is 3.19. The van der Waals surface area contributed by atoms with Crippen LogP contribution in [0.2, 0.25) is 0 Å². The summed E-state index contributed by atoms with van der Waals surface area (Å²) in [5.74, 6) is 1.89. The maximum atomic E-state index is 12.8. The van der Waals surface area contributed by atoms with Gasteiger partial charge in [0.1, 0.15) is 11.5 Å². The number of benzene rings is 2. The Hall–Kier alpha value is -2.53. The molecule has 1 atom stereocenters. The van der Waals surface area contributed by atoms with Gasteiger partial charge < -0.3 is 14.8 Å². The zero-order chi connectivity index (χ0) is 20.3. The molecule has 0 bridgehead atoms. The highest BCUT2D eigenvalue weighted by Crippen LogP contribution is 2.59. The van der Waals surface area contributed by atoms with Crippen molar-refractivity contribution in [2.45, 2.75) is 32.7 Å². The van der Waals surface area contributed by atoms with E-state index in [-0.39, 0.29) is 17.2 Å². The fourth-order valence-corrected chi connectivity index (χ4v) is 4.51. The number of nitrogens with one attached hydrogen (secondary N) is 1. The number of methoxy groups -OCH3 is 1. The fraction of sp³-hybridized carbons (Fsp3) is 0.458. The summed E-state index contributed by atoms with van der Waals surface area (Å²) in [6.45, 7) is 5.75. The van der Waals surface area contributed by atoms with Crippen LogP contribution in [0.1, 0.15) is 31.7 Å². The molecule has 1 saturated carbocycles. The number of amides is 1. The molecule has 1 aliphatic heterocycles. The second-order valence-corrected chi connectivity index (χ2v) is 8.16. The summed E-state index contributed by atoms with van der Waals surface area (Å²) in [5.41, 5.74) is 2.27. The number of piperidine rings is 1. The number of ether oxygens (including phenoxy) is 2. The molecule has 2 fully saturated rings. The SMILES string of the molecule is CCOc1ccc(CN2CCC3(CC2)C[C@H]3C(=O)Nc2ccccc2OC)cc1. The molecule has 29 heavy (non-hydrogen) atoms. The summed E-state index contributed by atoms with van der Waals surface area (Å²) < 4.78 is 10.9. The van der Waals surface area contributed by atoms with Gasteiger partial charge in [0, 0.05) is 12.5 Å². The number of carbonyl (C=O) groups excluding carboxylic acids is 1. The largest absolute Gasteiger partial charge is 0.495 e. The first-order valence-corrected chi connectivity index (χ1v) is 10.5. The smallest absolute Gasteiger partial charge is 0.228 e. The average Bonchev–Trinajstić information content (AvgIpc) is 3.45. The molecule has 5 nitrogen and oxygen atoms in total. The molecule has 1 spiro atoms. The number of likely N-dealkylation sites (tertiary alicyclic amines) is 1. The van der Waals surface area contributed by atoms with E-state index in [4.69, 9.17) is 9.47 Å². The number of anilines is 1. The normalized spacial score (nSPS) is 20.3. The second-order valence-electron chi connectivity index (χ2n) is 8.16. The first-order chi connectivity index (χ1) is 14.1. The third kappa shape index (κ3) is 4.40. The van der Waals surface area contributed by atoms with Gasteiger partial charge in [-0.15, -0.1) is 0 Å². The van der Waals surface area contributed by atoms with Gasteiger partial charge >= 0.3 is 0 Å². The molecular formula is C24H30N2O3.